The van der Waals surface area contributed by atoms with Gasteiger partial charge in [0.05, 0.1) is 5.57 Å². The minimum absolute atomic E-state index is 0.0794. The molecular formula is C24H24N2O4. The van der Waals surface area contributed by atoms with Crippen LogP contribution in [0.2, 0.25) is 0 Å². The number of pyridine rings is 1. The van der Waals surface area contributed by atoms with E-state index in [4.69, 9.17) is 9.47 Å². The highest BCUT2D eigenvalue weighted by atomic mass is 16.6. The van der Waals surface area contributed by atoms with Crippen LogP contribution >= 0.6 is 0 Å². The fourth-order valence-electron chi connectivity index (χ4n) is 4.03. The molecule has 0 amide bonds. The summed E-state index contributed by atoms with van der Waals surface area (Å²) in [5.41, 5.74) is 3.63. The zero-order valence-corrected chi connectivity index (χ0v) is 16.9. The monoisotopic (exact) mass is 404 g/mol. The molecule has 1 unspecified atom stereocenters. The number of rotatable bonds is 6. The number of Topliss-reactive ketones (excluding diaryl/α,β-unsaturated/α-hetero) is 1. The topological polar surface area (TPSA) is 77.5 Å². The summed E-state index contributed by atoms with van der Waals surface area (Å²) in [5.74, 6) is -0.0840. The lowest BCUT2D eigenvalue weighted by atomic mass is 9.75. The number of nitrogens with zero attached hydrogens (tertiary/aromatic N) is 1. The smallest absolute Gasteiger partial charge is 0.336 e. The minimum Gasteiger partial charge on any atom is -0.490 e. The van der Waals surface area contributed by atoms with Gasteiger partial charge in [-0.2, -0.15) is 0 Å². The summed E-state index contributed by atoms with van der Waals surface area (Å²) in [6.07, 6.45) is 5.47. The molecule has 30 heavy (non-hydrogen) atoms. The standard InChI is InChI=1S/C24H24N2O4/c1-16-21(24(28)30-15-14-29-18-6-3-2-4-7-18)22(17-10-12-25-13-11-17)23-19(26-16)8-5-9-20(23)27/h2-4,6-7,10-13,22,26H,5,8-9,14-15H2,1H3. The SMILES string of the molecule is CC1=C(C(=O)OCCOc2ccccc2)C(c2ccncc2)C2=C(CCCC2=O)N1. The first-order valence-corrected chi connectivity index (χ1v) is 10.1. The lowest BCUT2D eigenvalue weighted by Crippen LogP contribution is -2.34. The first-order valence-electron chi connectivity index (χ1n) is 10.1. The second kappa shape index (κ2) is 8.95. The summed E-state index contributed by atoms with van der Waals surface area (Å²) in [6.45, 7) is 2.23. The highest BCUT2D eigenvalue weighted by Crippen LogP contribution is 2.42. The number of carbonyl (C=O) groups is 2. The lowest BCUT2D eigenvalue weighted by molar-refractivity contribution is -0.140. The fourth-order valence-corrected chi connectivity index (χ4v) is 4.03. The Hall–Kier alpha value is -3.41. The molecule has 0 saturated heterocycles. The molecular weight excluding hydrogens is 380 g/mol. The van der Waals surface area contributed by atoms with Gasteiger partial charge in [0.25, 0.3) is 0 Å². The number of carbonyl (C=O) groups excluding carboxylic acids is 2. The Morgan fingerprint density at radius 1 is 1.10 bits per heavy atom. The number of esters is 1. The third kappa shape index (κ3) is 4.13. The van der Waals surface area contributed by atoms with Crippen molar-refractivity contribution in [2.24, 2.45) is 0 Å². The molecule has 2 heterocycles. The van der Waals surface area contributed by atoms with Gasteiger partial charge in [-0.15, -0.1) is 0 Å². The van der Waals surface area contributed by atoms with E-state index in [1.165, 1.54) is 0 Å². The number of dihydropyridines is 1. The molecule has 1 N–H and O–H groups in total. The van der Waals surface area contributed by atoms with Gasteiger partial charge in [0, 0.05) is 41.7 Å². The van der Waals surface area contributed by atoms with Gasteiger partial charge in [-0.05, 0) is 49.6 Å². The van der Waals surface area contributed by atoms with E-state index in [2.05, 4.69) is 10.3 Å². The van der Waals surface area contributed by atoms with Crippen LogP contribution < -0.4 is 10.1 Å². The Kier molecular flexibility index (Phi) is 5.93. The largest absolute Gasteiger partial charge is 0.490 e. The Morgan fingerprint density at radius 3 is 2.63 bits per heavy atom. The second-order valence-corrected chi connectivity index (χ2v) is 7.34. The van der Waals surface area contributed by atoms with Crippen molar-refractivity contribution in [3.05, 3.63) is 83.0 Å². The Bertz CT molecular complexity index is 996. The summed E-state index contributed by atoms with van der Waals surface area (Å²) < 4.78 is 11.1. The molecule has 4 rings (SSSR count). The van der Waals surface area contributed by atoms with Crippen LogP contribution in [0.5, 0.6) is 5.75 Å². The first kappa shape index (κ1) is 19.9. The maximum atomic E-state index is 13.1. The van der Waals surface area contributed by atoms with Gasteiger partial charge in [-0.3, -0.25) is 9.78 Å². The number of ether oxygens (including phenoxy) is 2. The van der Waals surface area contributed by atoms with Crippen LogP contribution in [0, 0.1) is 0 Å². The van der Waals surface area contributed by atoms with Crippen molar-refractivity contribution in [3.8, 4) is 5.75 Å². The van der Waals surface area contributed by atoms with Gasteiger partial charge in [-0.1, -0.05) is 18.2 Å². The minimum atomic E-state index is -0.445. The molecule has 0 fully saturated rings. The maximum absolute atomic E-state index is 13.1. The predicted octanol–water partition coefficient (Wildman–Crippen LogP) is 3.67. The summed E-state index contributed by atoms with van der Waals surface area (Å²) in [6, 6.07) is 13.1. The van der Waals surface area contributed by atoms with E-state index in [0.29, 0.717) is 17.6 Å². The van der Waals surface area contributed by atoms with E-state index < -0.39 is 11.9 Å². The highest BCUT2D eigenvalue weighted by Gasteiger charge is 2.39. The van der Waals surface area contributed by atoms with E-state index in [1.54, 1.807) is 12.4 Å². The number of aromatic nitrogens is 1. The molecule has 6 heteroatoms. The summed E-state index contributed by atoms with van der Waals surface area (Å²) in [5, 5.41) is 3.29. The van der Waals surface area contributed by atoms with Crippen LogP contribution in [0.25, 0.3) is 0 Å². The van der Waals surface area contributed by atoms with Crippen LogP contribution in [0.1, 0.15) is 37.7 Å². The van der Waals surface area contributed by atoms with E-state index >= 15 is 0 Å². The number of benzene rings is 1. The molecule has 154 valence electrons. The average molecular weight is 404 g/mol. The molecule has 1 aromatic heterocycles. The second-order valence-electron chi connectivity index (χ2n) is 7.34. The van der Waals surface area contributed by atoms with Gasteiger partial charge in [0.2, 0.25) is 0 Å². The maximum Gasteiger partial charge on any atom is 0.336 e. The van der Waals surface area contributed by atoms with Crippen molar-refractivity contribution < 1.29 is 19.1 Å². The van der Waals surface area contributed by atoms with Crippen LogP contribution in [0.4, 0.5) is 0 Å². The average Bonchev–Trinajstić information content (AvgIpc) is 2.77. The molecule has 1 aliphatic carbocycles. The Balaban J connectivity index is 1.54. The van der Waals surface area contributed by atoms with Crippen molar-refractivity contribution >= 4 is 11.8 Å². The molecule has 1 aliphatic heterocycles. The van der Waals surface area contributed by atoms with E-state index in [9.17, 15) is 9.59 Å². The number of nitrogens with one attached hydrogen (secondary N) is 1. The van der Waals surface area contributed by atoms with Gasteiger partial charge >= 0.3 is 5.97 Å². The van der Waals surface area contributed by atoms with Gasteiger partial charge in [-0.25, -0.2) is 4.79 Å². The molecule has 0 radical (unpaired) electrons. The number of hydrogen-bond donors (Lipinski definition) is 1. The molecule has 6 nitrogen and oxygen atoms in total. The van der Waals surface area contributed by atoms with Crippen LogP contribution in [0.15, 0.2) is 77.4 Å². The van der Waals surface area contributed by atoms with Crippen molar-refractivity contribution in [1.82, 2.24) is 10.3 Å². The Morgan fingerprint density at radius 2 is 1.87 bits per heavy atom. The third-order valence-electron chi connectivity index (χ3n) is 5.36. The zero-order chi connectivity index (χ0) is 20.9. The molecule has 0 bridgehead atoms. The zero-order valence-electron chi connectivity index (χ0n) is 16.9. The van der Waals surface area contributed by atoms with Gasteiger partial charge in [0.1, 0.15) is 19.0 Å². The van der Waals surface area contributed by atoms with Gasteiger partial charge < -0.3 is 14.8 Å². The third-order valence-corrected chi connectivity index (χ3v) is 5.36. The highest BCUT2D eigenvalue weighted by molar-refractivity contribution is 6.03. The molecule has 1 atom stereocenters. The summed E-state index contributed by atoms with van der Waals surface area (Å²) in [7, 11) is 0. The molecule has 2 aliphatic rings. The van der Waals surface area contributed by atoms with Crippen LogP contribution in [-0.4, -0.2) is 30.0 Å². The normalized spacial score (nSPS) is 18.6. The van der Waals surface area contributed by atoms with Crippen LogP contribution in [0.3, 0.4) is 0 Å². The quantitative estimate of drug-likeness (QED) is 0.585. The van der Waals surface area contributed by atoms with Crippen molar-refractivity contribution in [2.45, 2.75) is 32.1 Å². The molecule has 0 saturated carbocycles. The van der Waals surface area contributed by atoms with Crippen LogP contribution in [-0.2, 0) is 14.3 Å². The van der Waals surface area contributed by atoms with Crippen molar-refractivity contribution in [3.63, 3.8) is 0 Å². The number of ketones is 1. The number of hydrogen-bond acceptors (Lipinski definition) is 6. The molecule has 0 spiro atoms. The summed E-state index contributed by atoms with van der Waals surface area (Å²) in [4.78, 5) is 29.9. The number of allylic oxidation sites excluding steroid dienone is 3. The van der Waals surface area contributed by atoms with Crippen molar-refractivity contribution in [1.29, 1.82) is 0 Å². The lowest BCUT2D eigenvalue weighted by Gasteiger charge is -2.34. The molecule has 2 aromatic rings. The van der Waals surface area contributed by atoms with E-state index in [1.807, 2.05) is 49.4 Å². The van der Waals surface area contributed by atoms with Gasteiger partial charge in [0.15, 0.2) is 5.78 Å². The van der Waals surface area contributed by atoms with Crippen molar-refractivity contribution in [2.75, 3.05) is 13.2 Å². The fraction of sp³-hybridized carbons (Fsp3) is 0.292. The molecule has 1 aromatic carbocycles. The number of para-hydroxylation sites is 1. The van der Waals surface area contributed by atoms with E-state index in [-0.39, 0.29) is 19.0 Å². The first-order chi connectivity index (χ1) is 14.6. The Labute approximate surface area is 175 Å². The predicted molar refractivity (Wildman–Crippen MR) is 112 cm³/mol. The van der Waals surface area contributed by atoms with E-state index in [0.717, 1.165) is 35.5 Å². The summed E-state index contributed by atoms with van der Waals surface area (Å²) >= 11 is 0.